The van der Waals surface area contributed by atoms with E-state index in [1.165, 1.54) is 0 Å². The molecule has 1 aliphatic heterocycles. The molecule has 0 N–H and O–H groups in total. The first-order valence-electron chi connectivity index (χ1n) is 9.99. The number of hydrogen-bond acceptors (Lipinski definition) is 7. The van der Waals surface area contributed by atoms with E-state index in [4.69, 9.17) is 18.9 Å². The molecule has 4 aromatic rings. The van der Waals surface area contributed by atoms with E-state index >= 15 is 0 Å². The van der Waals surface area contributed by atoms with Crippen molar-refractivity contribution >= 4 is 11.6 Å². The van der Waals surface area contributed by atoms with Crippen molar-refractivity contribution in [3.05, 3.63) is 77.2 Å². The topological polar surface area (TPSA) is 91.8 Å². The minimum atomic E-state index is -0.581. The van der Waals surface area contributed by atoms with E-state index in [2.05, 4.69) is 10.1 Å². The number of ether oxygens (including phenoxy) is 2. The van der Waals surface area contributed by atoms with Crippen LogP contribution in [0.5, 0.6) is 5.88 Å². The zero-order valence-corrected chi connectivity index (χ0v) is 17.3. The highest BCUT2D eigenvalue weighted by Crippen LogP contribution is 2.44. The molecule has 1 aliphatic rings. The Bertz CT molecular complexity index is 1320. The van der Waals surface area contributed by atoms with Crippen LogP contribution in [0.2, 0.25) is 0 Å². The third-order valence-corrected chi connectivity index (χ3v) is 5.30. The molecule has 0 spiro atoms. The lowest BCUT2D eigenvalue weighted by Gasteiger charge is -2.26. The van der Waals surface area contributed by atoms with Gasteiger partial charge in [-0.05, 0) is 38.5 Å². The van der Waals surface area contributed by atoms with Gasteiger partial charge in [-0.25, -0.2) is 19.3 Å². The summed E-state index contributed by atoms with van der Waals surface area (Å²) in [4.78, 5) is 22.1. The van der Waals surface area contributed by atoms with Crippen LogP contribution in [0.1, 0.15) is 36.7 Å². The maximum Gasteiger partial charge on any atom is 0.338 e. The molecule has 0 fully saturated rings. The van der Waals surface area contributed by atoms with E-state index in [1.807, 2.05) is 37.3 Å². The van der Waals surface area contributed by atoms with Crippen molar-refractivity contribution in [3.63, 3.8) is 0 Å². The summed E-state index contributed by atoms with van der Waals surface area (Å²) in [5.41, 5.74) is 3.49. The number of carbonyl (C=O) groups is 1. The van der Waals surface area contributed by atoms with Crippen LogP contribution in [0.3, 0.4) is 0 Å². The minimum Gasteiger partial charge on any atom is -0.468 e. The average Bonchev–Trinajstić information content (AvgIpc) is 3.43. The lowest BCUT2D eigenvalue weighted by Crippen LogP contribution is -2.24. The fraction of sp³-hybridized carbons (Fsp3) is 0.217. The van der Waals surface area contributed by atoms with Crippen LogP contribution in [-0.4, -0.2) is 32.2 Å². The Balaban J connectivity index is 1.75. The predicted octanol–water partition coefficient (Wildman–Crippen LogP) is 4.05. The van der Waals surface area contributed by atoms with Gasteiger partial charge >= 0.3 is 5.97 Å². The van der Waals surface area contributed by atoms with Crippen molar-refractivity contribution in [1.29, 1.82) is 0 Å². The number of fused-ring (bicyclic) bond motifs is 3. The molecule has 1 atom stereocenters. The minimum absolute atomic E-state index is 0.248. The number of benzene rings is 1. The van der Waals surface area contributed by atoms with Crippen molar-refractivity contribution in [1.82, 2.24) is 19.6 Å². The van der Waals surface area contributed by atoms with Gasteiger partial charge in [-0.2, -0.15) is 0 Å². The zero-order valence-electron chi connectivity index (χ0n) is 17.3. The van der Waals surface area contributed by atoms with Crippen LogP contribution in [0, 0.1) is 6.92 Å². The normalized spacial score (nSPS) is 15.6. The Morgan fingerprint density at radius 1 is 1.19 bits per heavy atom. The second-order valence-corrected chi connectivity index (χ2v) is 7.22. The second kappa shape index (κ2) is 7.39. The molecule has 0 radical (unpaired) electrons. The third kappa shape index (κ3) is 3.07. The molecular weight excluding hydrogens is 396 g/mol. The summed E-state index contributed by atoms with van der Waals surface area (Å²) in [5, 5.41) is 4.62. The average molecular weight is 416 g/mol. The van der Waals surface area contributed by atoms with E-state index in [0.29, 0.717) is 40.0 Å². The van der Waals surface area contributed by atoms with Gasteiger partial charge in [-0.1, -0.05) is 24.3 Å². The highest BCUT2D eigenvalue weighted by molar-refractivity contribution is 5.93. The summed E-state index contributed by atoms with van der Waals surface area (Å²) in [6.45, 7) is 5.74. The molecule has 0 saturated carbocycles. The van der Waals surface area contributed by atoms with Gasteiger partial charge in [-0.15, -0.1) is 5.10 Å². The van der Waals surface area contributed by atoms with Crippen LogP contribution in [0.25, 0.3) is 17.0 Å². The van der Waals surface area contributed by atoms with Crippen LogP contribution in [0.15, 0.2) is 64.7 Å². The summed E-state index contributed by atoms with van der Waals surface area (Å²) in [6.07, 6.45) is 3.13. The van der Waals surface area contributed by atoms with Gasteiger partial charge in [-0.3, -0.25) is 0 Å². The first-order valence-corrected chi connectivity index (χ1v) is 9.99. The highest BCUT2D eigenvalue weighted by Gasteiger charge is 2.39. The SMILES string of the molecule is CCOC(=O)C1=C(C)Oc2ncn3nc(-c4ccccc4C)nc3c2C1c1ccco1. The predicted molar refractivity (Wildman–Crippen MR) is 111 cm³/mol. The molecule has 4 heterocycles. The molecule has 0 bridgehead atoms. The number of hydrogen-bond donors (Lipinski definition) is 0. The summed E-state index contributed by atoms with van der Waals surface area (Å²) >= 11 is 0. The highest BCUT2D eigenvalue weighted by atomic mass is 16.5. The summed E-state index contributed by atoms with van der Waals surface area (Å²) < 4.78 is 18.6. The van der Waals surface area contributed by atoms with Gasteiger partial charge < -0.3 is 13.9 Å². The quantitative estimate of drug-likeness (QED) is 0.463. The number of rotatable bonds is 4. The van der Waals surface area contributed by atoms with Crippen LogP contribution < -0.4 is 4.74 Å². The number of furan rings is 1. The maximum atomic E-state index is 12.9. The van der Waals surface area contributed by atoms with Crippen LogP contribution in [0.4, 0.5) is 0 Å². The monoisotopic (exact) mass is 416 g/mol. The molecule has 3 aromatic heterocycles. The third-order valence-electron chi connectivity index (χ3n) is 5.30. The van der Waals surface area contributed by atoms with Crippen molar-refractivity contribution in [3.8, 4) is 17.3 Å². The molecule has 156 valence electrons. The van der Waals surface area contributed by atoms with Crippen LogP contribution in [-0.2, 0) is 9.53 Å². The number of aryl methyl sites for hydroxylation is 1. The molecule has 0 amide bonds. The molecule has 8 nitrogen and oxygen atoms in total. The standard InChI is InChI=1S/C23H20N4O4/c1-4-29-23(28)17-14(3)31-22-19(18(17)16-10-7-11-30-16)21-25-20(26-27(21)12-24-22)15-9-6-5-8-13(15)2/h5-12,18H,4H2,1-3H3. The molecule has 0 aliphatic carbocycles. The van der Waals surface area contributed by atoms with Gasteiger partial charge in [0, 0.05) is 5.56 Å². The molecule has 31 heavy (non-hydrogen) atoms. The van der Waals surface area contributed by atoms with Crippen LogP contribution >= 0.6 is 0 Å². The number of carbonyl (C=O) groups excluding carboxylic acids is 1. The van der Waals surface area contributed by atoms with E-state index < -0.39 is 11.9 Å². The summed E-state index contributed by atoms with van der Waals surface area (Å²) in [6, 6.07) is 11.5. The first kappa shape index (κ1) is 19.0. The van der Waals surface area contributed by atoms with E-state index in [1.54, 1.807) is 37.0 Å². The molecule has 1 aromatic carbocycles. The second-order valence-electron chi connectivity index (χ2n) is 7.22. The van der Waals surface area contributed by atoms with Gasteiger partial charge in [0.1, 0.15) is 17.8 Å². The largest absolute Gasteiger partial charge is 0.468 e. The Morgan fingerprint density at radius 3 is 2.77 bits per heavy atom. The molecule has 8 heteroatoms. The van der Waals surface area contributed by atoms with Gasteiger partial charge in [0.05, 0.1) is 29.9 Å². The smallest absolute Gasteiger partial charge is 0.338 e. The summed E-state index contributed by atoms with van der Waals surface area (Å²) in [5.74, 6) is 0.874. The lowest BCUT2D eigenvalue weighted by atomic mass is 9.87. The first-order chi connectivity index (χ1) is 15.1. The lowest BCUT2D eigenvalue weighted by molar-refractivity contribution is -0.139. The maximum absolute atomic E-state index is 12.9. The zero-order chi connectivity index (χ0) is 21.5. The summed E-state index contributed by atoms with van der Waals surface area (Å²) in [7, 11) is 0. The Morgan fingerprint density at radius 2 is 2.03 bits per heavy atom. The fourth-order valence-electron chi connectivity index (χ4n) is 3.89. The molecule has 0 saturated heterocycles. The van der Waals surface area contributed by atoms with Crippen molar-refractivity contribution in [2.24, 2.45) is 0 Å². The Kier molecular flexibility index (Phi) is 4.54. The van der Waals surface area contributed by atoms with Crippen molar-refractivity contribution in [2.45, 2.75) is 26.7 Å². The van der Waals surface area contributed by atoms with Crippen molar-refractivity contribution in [2.75, 3.05) is 6.61 Å². The van der Waals surface area contributed by atoms with Gasteiger partial charge in [0.25, 0.3) is 0 Å². The Labute approximate surface area is 178 Å². The number of nitrogens with zero attached hydrogens (tertiary/aromatic N) is 4. The molecular formula is C23H20N4O4. The molecule has 5 rings (SSSR count). The fourth-order valence-corrected chi connectivity index (χ4v) is 3.89. The number of aromatic nitrogens is 4. The number of allylic oxidation sites excluding steroid dienone is 1. The van der Waals surface area contributed by atoms with E-state index in [9.17, 15) is 4.79 Å². The van der Waals surface area contributed by atoms with Crippen molar-refractivity contribution < 1.29 is 18.7 Å². The van der Waals surface area contributed by atoms with E-state index in [0.717, 1.165) is 11.1 Å². The van der Waals surface area contributed by atoms with Gasteiger partial charge in [0.2, 0.25) is 5.88 Å². The number of esters is 1. The van der Waals surface area contributed by atoms with E-state index in [-0.39, 0.29) is 6.61 Å². The molecule has 1 unspecified atom stereocenters. The van der Waals surface area contributed by atoms with Gasteiger partial charge in [0.15, 0.2) is 11.5 Å². The Hall–Kier alpha value is -3.94.